The number of carbonyl (C=O) groups is 5. The molecule has 33 heavy (non-hydrogen) atoms. The highest BCUT2D eigenvalue weighted by molar-refractivity contribution is 8.01. The smallest absolute Gasteiger partial charge is 0.327 e. The van der Waals surface area contributed by atoms with Gasteiger partial charge in [-0.25, -0.2) is 19.3 Å². The van der Waals surface area contributed by atoms with E-state index in [-0.39, 0.29) is 6.54 Å². The number of benzene rings is 1. The summed E-state index contributed by atoms with van der Waals surface area (Å²) in [5.41, 5.74) is 0.412. The fraction of sp³-hybridized carbons (Fsp3) is 0.450. The quantitative estimate of drug-likeness (QED) is 0.351. The van der Waals surface area contributed by atoms with Gasteiger partial charge in [-0.05, 0) is 19.4 Å². The lowest BCUT2D eigenvalue weighted by molar-refractivity contribution is -0.161. The fourth-order valence-electron chi connectivity index (χ4n) is 4.23. The van der Waals surface area contributed by atoms with Gasteiger partial charge in [-0.1, -0.05) is 30.3 Å². The van der Waals surface area contributed by atoms with Crippen molar-refractivity contribution in [1.29, 1.82) is 0 Å². The number of β-lactam (4-membered cyclic amide) rings is 1. The summed E-state index contributed by atoms with van der Waals surface area (Å²) in [7, 11) is 0. The standard InChI is InChI=1S/C20H23N5O7S/c1-20(2)13(17(29)30)25-15(28)12(16(25)33-20)22-14(27)11(9-6-4-3-5-7-9)23-19(32)24-8-10(26)21-18(24)31/h3-7,10-13,16,26H,8H2,1-2H3,(H,21,31)(H,22,27)(H,23,32)(H,29,30)/t10?,11-,12-,13+,16-/m1/s1. The van der Waals surface area contributed by atoms with Crippen LogP contribution in [0.1, 0.15) is 25.5 Å². The number of aliphatic hydroxyl groups excluding tert-OH is 1. The Hall–Kier alpha value is -3.32. The molecular weight excluding hydrogens is 454 g/mol. The normalized spacial score (nSPS) is 28.5. The largest absolute Gasteiger partial charge is 0.480 e. The molecule has 1 unspecified atom stereocenters. The molecular formula is C20H23N5O7S. The van der Waals surface area contributed by atoms with Crippen LogP contribution in [0.2, 0.25) is 0 Å². The zero-order valence-corrected chi connectivity index (χ0v) is 18.5. The lowest BCUT2D eigenvalue weighted by Crippen LogP contribution is -2.71. The van der Waals surface area contributed by atoms with Gasteiger partial charge >= 0.3 is 18.0 Å². The second kappa shape index (κ2) is 8.23. The van der Waals surface area contributed by atoms with E-state index in [0.717, 1.165) is 4.90 Å². The molecule has 3 aliphatic heterocycles. The first-order valence-corrected chi connectivity index (χ1v) is 11.0. The highest BCUT2D eigenvalue weighted by atomic mass is 32.2. The Morgan fingerprint density at radius 2 is 1.88 bits per heavy atom. The van der Waals surface area contributed by atoms with Crippen molar-refractivity contribution in [3.8, 4) is 0 Å². The Morgan fingerprint density at radius 3 is 2.45 bits per heavy atom. The zero-order chi connectivity index (χ0) is 24.1. The van der Waals surface area contributed by atoms with E-state index < -0.39 is 64.3 Å². The van der Waals surface area contributed by atoms with Crippen molar-refractivity contribution in [1.82, 2.24) is 25.8 Å². The van der Waals surface area contributed by atoms with Crippen LogP contribution in [0.25, 0.3) is 0 Å². The minimum absolute atomic E-state index is 0.283. The number of carboxylic acid groups (broad SMARTS) is 1. The number of rotatable bonds is 5. The third kappa shape index (κ3) is 3.97. The van der Waals surface area contributed by atoms with Crippen molar-refractivity contribution in [2.75, 3.05) is 6.54 Å². The van der Waals surface area contributed by atoms with E-state index in [1.165, 1.54) is 16.7 Å². The van der Waals surface area contributed by atoms with Crippen molar-refractivity contribution < 1.29 is 34.2 Å². The predicted octanol–water partition coefficient (Wildman–Crippen LogP) is -0.587. The van der Waals surface area contributed by atoms with E-state index in [4.69, 9.17) is 0 Å². The number of thioether (sulfide) groups is 1. The number of hydrogen-bond donors (Lipinski definition) is 5. The van der Waals surface area contributed by atoms with Crippen LogP contribution in [0.4, 0.5) is 9.59 Å². The maximum atomic E-state index is 13.2. The van der Waals surface area contributed by atoms with E-state index in [2.05, 4.69) is 16.0 Å². The molecule has 1 aromatic rings. The molecule has 4 rings (SSSR count). The van der Waals surface area contributed by atoms with Crippen LogP contribution >= 0.6 is 11.8 Å². The minimum Gasteiger partial charge on any atom is -0.480 e. The molecule has 5 N–H and O–H groups in total. The molecule has 5 atom stereocenters. The van der Waals surface area contributed by atoms with Crippen molar-refractivity contribution in [2.24, 2.45) is 0 Å². The molecule has 3 heterocycles. The van der Waals surface area contributed by atoms with E-state index in [9.17, 15) is 34.2 Å². The van der Waals surface area contributed by atoms with Gasteiger partial charge in [0.1, 0.15) is 29.7 Å². The molecule has 0 saturated carbocycles. The number of β-amino-alcohol motifs (C(OH)–C–C–N with tert-alkyl or cyclic N) is 1. The molecule has 13 heteroatoms. The van der Waals surface area contributed by atoms with Crippen LogP contribution in [0.15, 0.2) is 30.3 Å². The summed E-state index contributed by atoms with van der Waals surface area (Å²) in [6, 6.07) is 3.36. The Morgan fingerprint density at radius 1 is 1.21 bits per heavy atom. The number of fused-ring (bicyclic) bond motifs is 1. The third-order valence-electron chi connectivity index (χ3n) is 5.77. The molecule has 3 aliphatic rings. The molecule has 0 aliphatic carbocycles. The third-order valence-corrected chi connectivity index (χ3v) is 7.34. The summed E-state index contributed by atoms with van der Waals surface area (Å²) < 4.78 is -0.747. The second-order valence-corrected chi connectivity index (χ2v) is 10.2. The molecule has 3 fully saturated rings. The number of carboxylic acids is 1. The maximum absolute atomic E-state index is 13.2. The van der Waals surface area contributed by atoms with E-state index in [0.29, 0.717) is 5.56 Å². The molecule has 6 amide bonds. The van der Waals surface area contributed by atoms with Crippen LogP contribution in [-0.2, 0) is 14.4 Å². The zero-order valence-electron chi connectivity index (χ0n) is 17.7. The summed E-state index contributed by atoms with van der Waals surface area (Å²) in [6.07, 6.45) is -1.21. The van der Waals surface area contributed by atoms with Crippen LogP contribution in [0.5, 0.6) is 0 Å². The number of urea groups is 2. The summed E-state index contributed by atoms with van der Waals surface area (Å²) in [5, 5.41) is 25.8. The van der Waals surface area contributed by atoms with Crippen LogP contribution in [0.3, 0.4) is 0 Å². The number of nitrogens with zero attached hydrogens (tertiary/aromatic N) is 2. The number of hydrogen-bond acceptors (Lipinski definition) is 7. The predicted molar refractivity (Wildman–Crippen MR) is 115 cm³/mol. The summed E-state index contributed by atoms with van der Waals surface area (Å²) in [4.78, 5) is 64.0. The Kier molecular flexibility index (Phi) is 5.70. The Bertz CT molecular complexity index is 1020. The Labute approximate surface area is 192 Å². The van der Waals surface area contributed by atoms with Gasteiger partial charge in [-0.15, -0.1) is 11.8 Å². The first-order chi connectivity index (χ1) is 15.5. The molecule has 0 aromatic heterocycles. The average Bonchev–Trinajstić information content (AvgIpc) is 3.23. The maximum Gasteiger partial charge on any atom is 0.327 e. The molecule has 3 saturated heterocycles. The number of aliphatic hydroxyl groups is 1. The van der Waals surface area contributed by atoms with Gasteiger partial charge in [-0.2, -0.15) is 0 Å². The summed E-state index contributed by atoms with van der Waals surface area (Å²) in [5.74, 6) is -2.32. The SMILES string of the molecule is CC1(C)S[C@@H]2[C@H](NC(=O)[C@H](NC(=O)N3CC(O)NC3=O)c3ccccc3)C(=O)N2[C@H]1C(=O)O. The lowest BCUT2D eigenvalue weighted by atomic mass is 9.95. The molecule has 1 aromatic carbocycles. The van der Waals surface area contributed by atoms with E-state index in [1.807, 2.05) is 0 Å². The van der Waals surface area contributed by atoms with Gasteiger partial charge < -0.3 is 31.1 Å². The topological polar surface area (TPSA) is 168 Å². The van der Waals surface area contributed by atoms with Crippen molar-refractivity contribution in [3.05, 3.63) is 35.9 Å². The number of aliphatic carboxylic acids is 1. The van der Waals surface area contributed by atoms with Gasteiger partial charge in [0.15, 0.2) is 0 Å². The lowest BCUT2D eigenvalue weighted by Gasteiger charge is -2.44. The number of amides is 6. The van der Waals surface area contributed by atoms with Crippen LogP contribution in [0, 0.1) is 0 Å². The van der Waals surface area contributed by atoms with Gasteiger partial charge in [0.05, 0.1) is 6.54 Å². The number of carbonyl (C=O) groups excluding carboxylic acids is 4. The number of imide groups is 1. The fourth-order valence-corrected chi connectivity index (χ4v) is 5.85. The summed E-state index contributed by atoms with van der Waals surface area (Å²) in [6.45, 7) is 3.17. The molecule has 0 radical (unpaired) electrons. The summed E-state index contributed by atoms with van der Waals surface area (Å²) >= 11 is 1.28. The van der Waals surface area contributed by atoms with Crippen molar-refractivity contribution >= 4 is 41.6 Å². The monoisotopic (exact) mass is 477 g/mol. The van der Waals surface area contributed by atoms with E-state index >= 15 is 0 Å². The molecule has 176 valence electrons. The molecule has 0 spiro atoms. The van der Waals surface area contributed by atoms with Crippen LogP contribution < -0.4 is 16.0 Å². The van der Waals surface area contributed by atoms with Crippen molar-refractivity contribution in [3.63, 3.8) is 0 Å². The highest BCUT2D eigenvalue weighted by Crippen LogP contribution is 2.50. The number of nitrogens with one attached hydrogen (secondary N) is 3. The highest BCUT2D eigenvalue weighted by Gasteiger charge is 2.64. The van der Waals surface area contributed by atoms with Crippen molar-refractivity contribution in [2.45, 2.75) is 48.3 Å². The van der Waals surface area contributed by atoms with Gasteiger partial charge in [0.2, 0.25) is 11.8 Å². The second-order valence-electron chi connectivity index (χ2n) is 8.45. The average molecular weight is 477 g/mol. The van der Waals surface area contributed by atoms with E-state index in [1.54, 1.807) is 44.2 Å². The van der Waals surface area contributed by atoms with Gasteiger partial charge in [-0.3, -0.25) is 9.59 Å². The Balaban J connectivity index is 1.51. The van der Waals surface area contributed by atoms with Crippen LogP contribution in [-0.4, -0.2) is 84.8 Å². The van der Waals surface area contributed by atoms with Gasteiger partial charge in [0.25, 0.3) is 0 Å². The minimum atomic E-state index is -1.24. The first-order valence-electron chi connectivity index (χ1n) is 10.2. The molecule has 12 nitrogen and oxygen atoms in total. The van der Waals surface area contributed by atoms with Gasteiger partial charge in [0, 0.05) is 4.75 Å². The molecule has 0 bridgehead atoms. The first kappa shape index (κ1) is 22.9.